The van der Waals surface area contributed by atoms with Crippen LogP contribution in [0.1, 0.15) is 0 Å². The van der Waals surface area contributed by atoms with Crippen molar-refractivity contribution in [3.05, 3.63) is 164 Å². The Morgan fingerprint density at radius 1 is 0.400 bits per heavy atom. The van der Waals surface area contributed by atoms with Gasteiger partial charge in [0.05, 0.1) is 0 Å². The van der Waals surface area contributed by atoms with Crippen LogP contribution in [0.15, 0.2) is 168 Å². The molecule has 234 valence electrons. The predicted octanol–water partition coefficient (Wildman–Crippen LogP) is 14.6. The van der Waals surface area contributed by atoms with Crippen molar-refractivity contribution >= 4 is 113 Å². The van der Waals surface area contributed by atoms with E-state index in [1.807, 2.05) is 34.8 Å². The van der Waals surface area contributed by atoms with Gasteiger partial charge in [0.1, 0.15) is 11.2 Å². The number of benzene rings is 8. The topological polar surface area (TPSA) is 16.4 Å². The molecule has 0 radical (unpaired) electrons. The molecule has 0 atom stereocenters. The van der Waals surface area contributed by atoms with Crippen LogP contribution in [0.4, 0.5) is 17.1 Å². The molecule has 50 heavy (non-hydrogen) atoms. The fraction of sp³-hybridized carbons (Fsp3) is 0. The highest BCUT2D eigenvalue weighted by molar-refractivity contribution is 7.27. The van der Waals surface area contributed by atoms with Crippen LogP contribution in [0, 0.1) is 0 Å². The van der Waals surface area contributed by atoms with Gasteiger partial charge in [-0.15, -0.1) is 22.7 Å². The molecule has 8 aromatic carbocycles. The molecule has 0 amide bonds. The lowest BCUT2D eigenvalue weighted by atomic mass is 9.98. The number of hydrogen-bond acceptors (Lipinski definition) is 4. The third kappa shape index (κ3) is 4.19. The average molecular weight is 674 g/mol. The van der Waals surface area contributed by atoms with Crippen LogP contribution in [0.5, 0.6) is 0 Å². The normalized spacial score (nSPS) is 12.0. The monoisotopic (exact) mass is 673 g/mol. The van der Waals surface area contributed by atoms with E-state index in [4.69, 9.17) is 4.42 Å². The van der Waals surface area contributed by atoms with E-state index in [0.717, 1.165) is 39.0 Å². The number of nitrogens with zero attached hydrogens (tertiary/aromatic N) is 1. The first kappa shape index (κ1) is 28.0. The molecule has 0 spiro atoms. The summed E-state index contributed by atoms with van der Waals surface area (Å²) < 4.78 is 11.6. The van der Waals surface area contributed by atoms with Crippen molar-refractivity contribution in [1.29, 1.82) is 0 Å². The second-order valence-electron chi connectivity index (χ2n) is 12.9. The minimum Gasteiger partial charge on any atom is -0.456 e. The highest BCUT2D eigenvalue weighted by Crippen LogP contribution is 2.45. The van der Waals surface area contributed by atoms with Crippen LogP contribution >= 0.6 is 22.7 Å². The van der Waals surface area contributed by atoms with Crippen molar-refractivity contribution in [3.63, 3.8) is 0 Å². The fourth-order valence-corrected chi connectivity index (χ4v) is 10.1. The van der Waals surface area contributed by atoms with E-state index in [2.05, 4.69) is 157 Å². The zero-order valence-electron chi connectivity index (χ0n) is 26.8. The van der Waals surface area contributed by atoms with E-state index in [1.54, 1.807) is 0 Å². The molecule has 0 aliphatic carbocycles. The Balaban J connectivity index is 1.08. The highest BCUT2D eigenvalue weighted by Gasteiger charge is 2.18. The second-order valence-corrected chi connectivity index (χ2v) is 15.0. The molecule has 0 saturated heterocycles. The molecule has 0 N–H and O–H groups in total. The van der Waals surface area contributed by atoms with E-state index in [-0.39, 0.29) is 0 Å². The van der Waals surface area contributed by atoms with Crippen molar-refractivity contribution in [1.82, 2.24) is 0 Å². The minimum atomic E-state index is 0.886. The van der Waals surface area contributed by atoms with Gasteiger partial charge in [0.15, 0.2) is 0 Å². The smallest absolute Gasteiger partial charge is 0.137 e. The zero-order valence-corrected chi connectivity index (χ0v) is 28.4. The maximum absolute atomic E-state index is 6.37. The molecule has 0 bridgehead atoms. The molecule has 11 aromatic rings. The third-order valence-corrected chi connectivity index (χ3v) is 12.4. The molecule has 4 heteroatoms. The third-order valence-electron chi connectivity index (χ3n) is 10.1. The van der Waals surface area contributed by atoms with Gasteiger partial charge in [-0.05, 0) is 76.5 Å². The molecular weight excluding hydrogens is 647 g/mol. The molecule has 2 nitrogen and oxygen atoms in total. The van der Waals surface area contributed by atoms with E-state index >= 15 is 0 Å². The van der Waals surface area contributed by atoms with Crippen LogP contribution < -0.4 is 4.90 Å². The molecule has 0 aliphatic heterocycles. The van der Waals surface area contributed by atoms with Gasteiger partial charge in [-0.2, -0.15) is 0 Å². The van der Waals surface area contributed by atoms with Crippen LogP contribution in [0.25, 0.3) is 84.2 Å². The highest BCUT2D eigenvalue weighted by atomic mass is 32.1. The maximum atomic E-state index is 6.37. The maximum Gasteiger partial charge on any atom is 0.137 e. The Labute approximate surface area is 295 Å². The number of anilines is 3. The fourth-order valence-electron chi connectivity index (χ4n) is 7.74. The second kappa shape index (κ2) is 10.8. The number of para-hydroxylation sites is 1. The SMILES string of the molecule is c1ccc2c(c1)ccc1c2sc2cccc(-c3ccc(N(c4ccc5c(c4)oc4ccccc45)c4ccc5c(c4)sc4ccccc45)cc3)c21. The van der Waals surface area contributed by atoms with Gasteiger partial charge in [-0.3, -0.25) is 0 Å². The lowest BCUT2D eigenvalue weighted by molar-refractivity contribution is 0.669. The van der Waals surface area contributed by atoms with Gasteiger partial charge in [0.25, 0.3) is 0 Å². The van der Waals surface area contributed by atoms with E-state index in [9.17, 15) is 0 Å². The standard InChI is InChI=1S/C46H27NOS2/c1-2-9-34-28(8-1)18-23-39-45-33(12-7-15-43(45)50-46(34)39)29-16-19-30(20-17-29)47(31-21-24-36-35-10-3-5-13-40(35)48-41(36)26-31)32-22-25-38-37-11-4-6-14-42(37)49-44(38)27-32/h1-27H. The molecular formula is C46H27NOS2. The van der Waals surface area contributed by atoms with Crippen LogP contribution in [-0.4, -0.2) is 0 Å². The van der Waals surface area contributed by atoms with Crippen molar-refractivity contribution in [2.45, 2.75) is 0 Å². The summed E-state index contributed by atoms with van der Waals surface area (Å²) in [6.07, 6.45) is 0. The summed E-state index contributed by atoms with van der Waals surface area (Å²) in [5.41, 5.74) is 7.53. The molecule has 0 unspecified atom stereocenters. The van der Waals surface area contributed by atoms with Gasteiger partial charge >= 0.3 is 0 Å². The predicted molar refractivity (Wildman–Crippen MR) is 217 cm³/mol. The molecule has 3 heterocycles. The number of fused-ring (bicyclic) bond motifs is 11. The Kier molecular flexibility index (Phi) is 6.03. The zero-order chi connectivity index (χ0) is 32.8. The quantitative estimate of drug-likeness (QED) is 0.185. The molecule has 0 saturated carbocycles. The Morgan fingerprint density at radius 3 is 1.96 bits per heavy atom. The first-order valence-electron chi connectivity index (χ1n) is 16.8. The van der Waals surface area contributed by atoms with E-state index < -0.39 is 0 Å². The van der Waals surface area contributed by atoms with Crippen LogP contribution in [0.3, 0.4) is 0 Å². The number of furan rings is 1. The minimum absolute atomic E-state index is 0.886. The van der Waals surface area contributed by atoms with Gasteiger partial charge in [-0.1, -0.05) is 103 Å². The lowest BCUT2D eigenvalue weighted by Crippen LogP contribution is -2.09. The van der Waals surface area contributed by atoms with Gasteiger partial charge in [-0.25, -0.2) is 0 Å². The van der Waals surface area contributed by atoms with Crippen molar-refractivity contribution in [2.75, 3.05) is 4.90 Å². The first-order chi connectivity index (χ1) is 24.8. The van der Waals surface area contributed by atoms with Gasteiger partial charge in [0.2, 0.25) is 0 Å². The number of rotatable bonds is 4. The average Bonchev–Trinajstić information content (AvgIpc) is 3.86. The summed E-state index contributed by atoms with van der Waals surface area (Å²) in [6.45, 7) is 0. The van der Waals surface area contributed by atoms with Crippen LogP contribution in [0.2, 0.25) is 0 Å². The van der Waals surface area contributed by atoms with Gasteiger partial charge < -0.3 is 9.32 Å². The Morgan fingerprint density at radius 2 is 1.06 bits per heavy atom. The Hall–Kier alpha value is -5.94. The van der Waals surface area contributed by atoms with Crippen LogP contribution in [-0.2, 0) is 0 Å². The summed E-state index contributed by atoms with van der Waals surface area (Å²) in [5.74, 6) is 0. The molecule has 0 aliphatic rings. The van der Waals surface area contributed by atoms with E-state index in [1.165, 1.54) is 62.2 Å². The van der Waals surface area contributed by atoms with Crippen molar-refractivity contribution in [3.8, 4) is 11.1 Å². The summed E-state index contributed by atoms with van der Waals surface area (Å²) in [5, 5.41) is 10.1. The van der Waals surface area contributed by atoms with Crippen molar-refractivity contribution < 1.29 is 4.42 Å². The molecule has 0 fully saturated rings. The summed E-state index contributed by atoms with van der Waals surface area (Å²) in [4.78, 5) is 2.35. The number of hydrogen-bond donors (Lipinski definition) is 0. The summed E-state index contributed by atoms with van der Waals surface area (Å²) >= 11 is 3.74. The molecule has 11 rings (SSSR count). The largest absolute Gasteiger partial charge is 0.456 e. The molecule has 3 aromatic heterocycles. The first-order valence-corrected chi connectivity index (χ1v) is 18.5. The van der Waals surface area contributed by atoms with Crippen molar-refractivity contribution in [2.24, 2.45) is 0 Å². The lowest BCUT2D eigenvalue weighted by Gasteiger charge is -2.26. The number of thiophene rings is 2. The van der Waals surface area contributed by atoms with E-state index in [0.29, 0.717) is 0 Å². The van der Waals surface area contributed by atoms with Gasteiger partial charge in [0, 0.05) is 74.2 Å². The summed E-state index contributed by atoms with van der Waals surface area (Å²) in [7, 11) is 0. The summed E-state index contributed by atoms with van der Waals surface area (Å²) in [6, 6.07) is 59.5. The Bertz CT molecular complexity index is 2990.